The highest BCUT2D eigenvalue weighted by atomic mass is 35.5. The fourth-order valence-electron chi connectivity index (χ4n) is 2.49. The fourth-order valence-corrected chi connectivity index (χ4v) is 4.14. The molecule has 0 aliphatic carbocycles. The highest BCUT2D eigenvalue weighted by Crippen LogP contribution is 2.32. The quantitative estimate of drug-likeness (QED) is 0.742. The van der Waals surface area contributed by atoms with E-state index < -0.39 is 0 Å². The maximum absolute atomic E-state index is 6.25. The first-order valence-electron chi connectivity index (χ1n) is 7.33. The number of benzene rings is 2. The van der Waals surface area contributed by atoms with Crippen LogP contribution in [-0.4, -0.2) is 12.3 Å². The highest BCUT2D eigenvalue weighted by molar-refractivity contribution is 7.99. The van der Waals surface area contributed by atoms with Gasteiger partial charge in [-0.2, -0.15) is 11.8 Å². The molecule has 2 atom stereocenters. The van der Waals surface area contributed by atoms with Crippen LogP contribution in [-0.2, 0) is 5.75 Å². The Morgan fingerprint density at radius 3 is 2.33 bits per heavy atom. The van der Waals surface area contributed by atoms with E-state index in [4.69, 9.17) is 11.6 Å². The van der Waals surface area contributed by atoms with Gasteiger partial charge in [0.15, 0.2) is 0 Å². The fraction of sp³-hybridized carbons (Fsp3) is 0.333. The maximum atomic E-state index is 6.25. The Labute approximate surface area is 137 Å². The second-order valence-corrected chi connectivity index (χ2v) is 6.66. The topological polar surface area (TPSA) is 12.0 Å². The Kier molecular flexibility index (Phi) is 6.62. The molecule has 2 rings (SSSR count). The zero-order valence-corrected chi connectivity index (χ0v) is 14.1. The molecule has 21 heavy (non-hydrogen) atoms. The van der Waals surface area contributed by atoms with E-state index in [1.807, 2.05) is 30.9 Å². The second-order valence-electron chi connectivity index (χ2n) is 5.03. The van der Waals surface area contributed by atoms with E-state index in [-0.39, 0.29) is 0 Å². The van der Waals surface area contributed by atoms with E-state index in [9.17, 15) is 0 Å². The lowest BCUT2D eigenvalue weighted by atomic mass is 10.0. The van der Waals surface area contributed by atoms with Crippen LogP contribution in [0, 0.1) is 0 Å². The molecule has 1 nitrogen and oxygen atoms in total. The van der Waals surface area contributed by atoms with Gasteiger partial charge >= 0.3 is 0 Å². The predicted octanol–water partition coefficient (Wildman–Crippen LogP) is 5.31. The van der Waals surface area contributed by atoms with Gasteiger partial charge in [-0.15, -0.1) is 0 Å². The van der Waals surface area contributed by atoms with Crippen molar-refractivity contribution in [2.24, 2.45) is 0 Å². The van der Waals surface area contributed by atoms with Crippen LogP contribution in [0.1, 0.15) is 30.5 Å². The van der Waals surface area contributed by atoms with Crippen molar-refractivity contribution < 1.29 is 0 Å². The number of thioether (sulfide) groups is 1. The summed E-state index contributed by atoms with van der Waals surface area (Å²) in [4.78, 5) is 0. The summed E-state index contributed by atoms with van der Waals surface area (Å²) >= 11 is 8.22. The van der Waals surface area contributed by atoms with Crippen LogP contribution in [0.3, 0.4) is 0 Å². The first-order valence-corrected chi connectivity index (χ1v) is 8.76. The van der Waals surface area contributed by atoms with Gasteiger partial charge < -0.3 is 5.32 Å². The van der Waals surface area contributed by atoms with Gasteiger partial charge in [0.25, 0.3) is 0 Å². The Bertz CT molecular complexity index is 544. The lowest BCUT2D eigenvalue weighted by molar-refractivity contribution is 0.555. The normalized spacial score (nSPS) is 13.9. The minimum absolute atomic E-state index is 0.365. The van der Waals surface area contributed by atoms with Gasteiger partial charge in [0, 0.05) is 22.1 Å². The molecular weight excluding hydrogens is 298 g/mol. The molecule has 0 aliphatic heterocycles. The van der Waals surface area contributed by atoms with Crippen molar-refractivity contribution >= 4 is 23.4 Å². The molecule has 0 amide bonds. The van der Waals surface area contributed by atoms with Crippen LogP contribution >= 0.6 is 23.4 Å². The van der Waals surface area contributed by atoms with Crippen LogP contribution in [0.15, 0.2) is 54.6 Å². The van der Waals surface area contributed by atoms with Gasteiger partial charge in [0.05, 0.1) is 0 Å². The van der Waals surface area contributed by atoms with Gasteiger partial charge in [0.2, 0.25) is 0 Å². The summed E-state index contributed by atoms with van der Waals surface area (Å²) in [5.74, 6) is 0.948. The summed E-state index contributed by atoms with van der Waals surface area (Å²) in [5.41, 5.74) is 2.56. The standard InChI is InChI=1S/C18H22ClNS/c1-3-17(18(20-2)14-9-5-4-6-10-14)21-13-15-11-7-8-12-16(15)19/h4-12,17-18,20H,3,13H2,1-2H3. The van der Waals surface area contributed by atoms with Crippen LogP contribution in [0.5, 0.6) is 0 Å². The monoisotopic (exact) mass is 319 g/mol. The molecule has 0 aromatic heterocycles. The summed E-state index contributed by atoms with van der Waals surface area (Å²) in [6.07, 6.45) is 1.12. The van der Waals surface area contributed by atoms with E-state index in [0.717, 1.165) is 17.2 Å². The highest BCUT2D eigenvalue weighted by Gasteiger charge is 2.20. The molecule has 0 bridgehead atoms. The number of hydrogen-bond acceptors (Lipinski definition) is 2. The minimum Gasteiger partial charge on any atom is -0.312 e. The van der Waals surface area contributed by atoms with Crippen LogP contribution in [0.2, 0.25) is 5.02 Å². The Hall–Kier alpha value is -0.960. The molecule has 112 valence electrons. The lowest BCUT2D eigenvalue weighted by Gasteiger charge is -2.26. The summed E-state index contributed by atoms with van der Waals surface area (Å²) < 4.78 is 0. The molecule has 0 saturated heterocycles. The first-order chi connectivity index (χ1) is 10.3. The predicted molar refractivity (Wildman–Crippen MR) is 95.1 cm³/mol. The van der Waals surface area contributed by atoms with E-state index >= 15 is 0 Å². The Balaban J connectivity index is 2.06. The summed E-state index contributed by atoms with van der Waals surface area (Å²) in [6, 6.07) is 19.1. The summed E-state index contributed by atoms with van der Waals surface area (Å²) in [5, 5.41) is 4.85. The number of nitrogens with one attached hydrogen (secondary N) is 1. The van der Waals surface area contributed by atoms with Gasteiger partial charge in [-0.05, 0) is 30.7 Å². The third kappa shape index (κ3) is 4.50. The van der Waals surface area contributed by atoms with Crippen molar-refractivity contribution in [2.45, 2.75) is 30.4 Å². The van der Waals surface area contributed by atoms with Crippen molar-refractivity contribution in [3.8, 4) is 0 Å². The van der Waals surface area contributed by atoms with Crippen LogP contribution < -0.4 is 5.32 Å². The molecular formula is C18H22ClNS. The van der Waals surface area contributed by atoms with Crippen LogP contribution in [0.4, 0.5) is 0 Å². The largest absolute Gasteiger partial charge is 0.312 e. The summed E-state index contributed by atoms with van der Waals surface area (Å²) in [7, 11) is 2.04. The van der Waals surface area contributed by atoms with E-state index in [1.165, 1.54) is 11.1 Å². The molecule has 0 fully saturated rings. The number of halogens is 1. The average molecular weight is 320 g/mol. The summed E-state index contributed by atoms with van der Waals surface area (Å²) in [6.45, 7) is 2.25. The molecule has 2 aromatic carbocycles. The molecule has 3 heteroatoms. The Morgan fingerprint density at radius 1 is 1.05 bits per heavy atom. The maximum Gasteiger partial charge on any atom is 0.0446 e. The Morgan fingerprint density at radius 2 is 1.71 bits per heavy atom. The number of rotatable bonds is 7. The molecule has 2 unspecified atom stereocenters. The average Bonchev–Trinajstić information content (AvgIpc) is 2.53. The van der Waals surface area contributed by atoms with E-state index in [0.29, 0.717) is 11.3 Å². The van der Waals surface area contributed by atoms with Crippen molar-refractivity contribution in [3.63, 3.8) is 0 Å². The zero-order chi connectivity index (χ0) is 15.1. The minimum atomic E-state index is 0.365. The molecule has 0 spiro atoms. The smallest absolute Gasteiger partial charge is 0.0446 e. The zero-order valence-electron chi connectivity index (χ0n) is 12.6. The second kappa shape index (κ2) is 8.47. The lowest BCUT2D eigenvalue weighted by Crippen LogP contribution is -2.27. The van der Waals surface area contributed by atoms with Gasteiger partial charge in [0.1, 0.15) is 0 Å². The molecule has 2 aromatic rings. The van der Waals surface area contributed by atoms with Crippen molar-refractivity contribution in [1.82, 2.24) is 5.32 Å². The first kappa shape index (κ1) is 16.4. The third-order valence-corrected chi connectivity index (χ3v) is 5.53. The SMILES string of the molecule is CCC(SCc1ccccc1Cl)C(NC)c1ccccc1. The van der Waals surface area contributed by atoms with Crippen molar-refractivity contribution in [3.05, 3.63) is 70.7 Å². The van der Waals surface area contributed by atoms with Crippen molar-refractivity contribution in [2.75, 3.05) is 7.05 Å². The molecule has 1 N–H and O–H groups in total. The number of hydrogen-bond donors (Lipinski definition) is 1. The molecule has 0 saturated carbocycles. The van der Waals surface area contributed by atoms with Gasteiger partial charge in [-0.3, -0.25) is 0 Å². The third-order valence-electron chi connectivity index (χ3n) is 3.65. The van der Waals surface area contributed by atoms with Crippen molar-refractivity contribution in [1.29, 1.82) is 0 Å². The molecule has 0 radical (unpaired) electrons. The van der Waals surface area contributed by atoms with Crippen LogP contribution in [0.25, 0.3) is 0 Å². The van der Waals surface area contributed by atoms with E-state index in [1.54, 1.807) is 0 Å². The molecule has 0 heterocycles. The molecule has 0 aliphatic rings. The van der Waals surface area contributed by atoms with E-state index in [2.05, 4.69) is 54.7 Å². The van der Waals surface area contributed by atoms with Gasteiger partial charge in [-0.25, -0.2) is 0 Å². The van der Waals surface area contributed by atoms with Gasteiger partial charge in [-0.1, -0.05) is 67.1 Å².